The Morgan fingerprint density at radius 2 is 1.88 bits per heavy atom. The third-order valence-electron chi connectivity index (χ3n) is 6.21. The summed E-state index contributed by atoms with van der Waals surface area (Å²) < 4.78 is 10.7. The monoisotopic (exact) mass is 445 g/mol. The zero-order valence-corrected chi connectivity index (χ0v) is 19.3. The Morgan fingerprint density at radius 1 is 1.19 bits per heavy atom. The molecule has 0 radical (unpaired) electrons. The molecule has 0 spiro atoms. The van der Waals surface area contributed by atoms with Crippen molar-refractivity contribution in [3.63, 3.8) is 0 Å². The highest BCUT2D eigenvalue weighted by Gasteiger charge is 2.37. The average molecular weight is 446 g/mol. The summed E-state index contributed by atoms with van der Waals surface area (Å²) in [6.45, 7) is 7.91. The van der Waals surface area contributed by atoms with Crippen molar-refractivity contribution in [1.29, 1.82) is 0 Å². The van der Waals surface area contributed by atoms with Crippen molar-refractivity contribution in [3.05, 3.63) is 35.9 Å². The van der Waals surface area contributed by atoms with Crippen molar-refractivity contribution in [2.24, 2.45) is 5.41 Å². The summed E-state index contributed by atoms with van der Waals surface area (Å²) in [6, 6.07) is 8.49. The molecular weight excluding hydrogens is 410 g/mol. The summed E-state index contributed by atoms with van der Waals surface area (Å²) >= 11 is 0. The van der Waals surface area contributed by atoms with Gasteiger partial charge in [-0.1, -0.05) is 44.2 Å². The molecule has 2 aliphatic rings. The molecule has 32 heavy (non-hydrogen) atoms. The van der Waals surface area contributed by atoms with Crippen LogP contribution in [0.1, 0.15) is 39.2 Å². The van der Waals surface area contributed by atoms with Crippen molar-refractivity contribution in [2.45, 2.75) is 58.2 Å². The molecule has 3 atom stereocenters. The van der Waals surface area contributed by atoms with E-state index in [1.54, 1.807) is 11.8 Å². The second-order valence-electron chi connectivity index (χ2n) is 9.42. The standard InChI is InChI=1S/C24H35N3O5/c1-17-21(20(28)16-32-17)26-22(29)19(25-23(30)27-11-13-31-14-12-27)15-24(2,3)10-9-18-7-5-4-6-8-18/h4-8,17,19,21H,9-16H2,1-3H3,(H,25,30)(H,26,29)/t17-,19-,21-/m0/s1. The predicted octanol–water partition coefficient (Wildman–Crippen LogP) is 1.92. The largest absolute Gasteiger partial charge is 0.378 e. The lowest BCUT2D eigenvalue weighted by atomic mass is 9.80. The van der Waals surface area contributed by atoms with Gasteiger partial charge in [0.25, 0.3) is 0 Å². The molecule has 176 valence electrons. The Balaban J connectivity index is 1.67. The van der Waals surface area contributed by atoms with Crippen LogP contribution in [0.4, 0.5) is 4.79 Å². The van der Waals surface area contributed by atoms with Crippen LogP contribution in [-0.4, -0.2) is 73.7 Å². The number of carbonyl (C=O) groups excluding carboxylic acids is 3. The highest BCUT2D eigenvalue weighted by Crippen LogP contribution is 2.29. The van der Waals surface area contributed by atoms with E-state index < -0.39 is 12.1 Å². The van der Waals surface area contributed by atoms with Crippen LogP contribution >= 0.6 is 0 Å². The number of ether oxygens (including phenoxy) is 2. The molecule has 2 heterocycles. The minimum absolute atomic E-state index is 0.000510. The summed E-state index contributed by atoms with van der Waals surface area (Å²) in [5.74, 6) is -0.498. The van der Waals surface area contributed by atoms with Crippen molar-refractivity contribution in [2.75, 3.05) is 32.9 Å². The number of ketones is 1. The van der Waals surface area contributed by atoms with Crippen molar-refractivity contribution < 1.29 is 23.9 Å². The molecule has 1 aromatic rings. The van der Waals surface area contributed by atoms with Gasteiger partial charge < -0.3 is 25.0 Å². The van der Waals surface area contributed by atoms with Crippen LogP contribution in [0.2, 0.25) is 0 Å². The lowest BCUT2D eigenvalue weighted by Gasteiger charge is -2.33. The minimum Gasteiger partial charge on any atom is -0.378 e. The average Bonchev–Trinajstić information content (AvgIpc) is 3.10. The molecule has 2 saturated heterocycles. The van der Waals surface area contributed by atoms with E-state index in [0.717, 1.165) is 12.8 Å². The lowest BCUT2D eigenvalue weighted by Crippen LogP contribution is -2.57. The van der Waals surface area contributed by atoms with E-state index in [9.17, 15) is 14.4 Å². The number of rotatable bonds is 8. The summed E-state index contributed by atoms with van der Waals surface area (Å²) in [7, 11) is 0. The summed E-state index contributed by atoms with van der Waals surface area (Å²) in [5.41, 5.74) is 1.03. The molecule has 0 aromatic heterocycles. The molecule has 3 amide bonds. The van der Waals surface area contributed by atoms with Crippen LogP contribution in [0.3, 0.4) is 0 Å². The number of amides is 3. The number of urea groups is 1. The first kappa shape index (κ1) is 24.2. The van der Waals surface area contributed by atoms with Gasteiger partial charge in [0.15, 0.2) is 5.78 Å². The molecule has 0 bridgehead atoms. The number of morpholine rings is 1. The predicted molar refractivity (Wildman–Crippen MR) is 120 cm³/mol. The lowest BCUT2D eigenvalue weighted by molar-refractivity contribution is -0.128. The highest BCUT2D eigenvalue weighted by atomic mass is 16.5. The van der Waals surface area contributed by atoms with Crippen molar-refractivity contribution >= 4 is 17.7 Å². The number of nitrogens with zero attached hydrogens (tertiary/aromatic N) is 1. The third kappa shape index (κ3) is 6.77. The van der Waals surface area contributed by atoms with Gasteiger partial charge in [0.2, 0.25) is 5.91 Å². The number of hydrogen-bond acceptors (Lipinski definition) is 5. The van der Waals surface area contributed by atoms with Gasteiger partial charge in [0.05, 0.1) is 19.3 Å². The Morgan fingerprint density at radius 3 is 2.50 bits per heavy atom. The maximum atomic E-state index is 13.2. The SMILES string of the molecule is C[C@@H]1OCC(=O)[C@H]1NC(=O)[C@H](CC(C)(C)CCc1ccccc1)NC(=O)N1CCOCC1. The van der Waals surface area contributed by atoms with Gasteiger partial charge in [-0.2, -0.15) is 0 Å². The molecule has 0 unspecified atom stereocenters. The van der Waals surface area contributed by atoms with Gasteiger partial charge in [-0.3, -0.25) is 9.59 Å². The molecule has 3 rings (SSSR count). The van der Waals surface area contributed by atoms with E-state index in [2.05, 4.69) is 36.6 Å². The first-order valence-electron chi connectivity index (χ1n) is 11.4. The van der Waals surface area contributed by atoms with Crippen LogP contribution in [0.25, 0.3) is 0 Å². The molecule has 2 N–H and O–H groups in total. The van der Waals surface area contributed by atoms with Crippen LogP contribution in [0.15, 0.2) is 30.3 Å². The zero-order valence-electron chi connectivity index (χ0n) is 19.3. The molecule has 8 heteroatoms. The molecule has 0 saturated carbocycles. The van der Waals surface area contributed by atoms with Crippen molar-refractivity contribution in [1.82, 2.24) is 15.5 Å². The highest BCUT2D eigenvalue weighted by molar-refractivity contribution is 5.94. The van der Waals surface area contributed by atoms with Gasteiger partial charge in [0, 0.05) is 13.1 Å². The summed E-state index contributed by atoms with van der Waals surface area (Å²) in [6.07, 6.45) is 1.81. The third-order valence-corrected chi connectivity index (χ3v) is 6.21. The van der Waals surface area contributed by atoms with Gasteiger partial charge in [-0.15, -0.1) is 0 Å². The van der Waals surface area contributed by atoms with E-state index in [-0.39, 0.29) is 35.8 Å². The summed E-state index contributed by atoms with van der Waals surface area (Å²) in [5, 5.41) is 5.72. The van der Waals surface area contributed by atoms with Crippen LogP contribution < -0.4 is 10.6 Å². The van der Waals surface area contributed by atoms with E-state index in [4.69, 9.17) is 9.47 Å². The second-order valence-corrected chi connectivity index (χ2v) is 9.42. The Labute approximate surface area is 190 Å². The van der Waals surface area contributed by atoms with E-state index in [0.29, 0.717) is 32.7 Å². The molecular formula is C24H35N3O5. The zero-order chi connectivity index (χ0) is 23.1. The number of nitrogens with one attached hydrogen (secondary N) is 2. The number of hydrogen-bond donors (Lipinski definition) is 2. The summed E-state index contributed by atoms with van der Waals surface area (Å²) in [4.78, 5) is 39.8. The van der Waals surface area contributed by atoms with E-state index >= 15 is 0 Å². The number of benzene rings is 1. The first-order chi connectivity index (χ1) is 15.2. The Kier molecular flexibility index (Phi) is 8.26. The fraction of sp³-hybridized carbons (Fsp3) is 0.625. The maximum Gasteiger partial charge on any atom is 0.318 e. The van der Waals surface area contributed by atoms with Gasteiger partial charge in [-0.05, 0) is 37.2 Å². The molecule has 2 fully saturated rings. The van der Waals surface area contributed by atoms with Crippen molar-refractivity contribution in [3.8, 4) is 0 Å². The van der Waals surface area contributed by atoms with Gasteiger partial charge >= 0.3 is 6.03 Å². The fourth-order valence-corrected chi connectivity index (χ4v) is 4.11. The number of carbonyl (C=O) groups is 3. The second kappa shape index (κ2) is 10.9. The Hall–Kier alpha value is -2.45. The van der Waals surface area contributed by atoms with E-state index in [1.807, 2.05) is 18.2 Å². The fourth-order valence-electron chi connectivity index (χ4n) is 4.11. The topological polar surface area (TPSA) is 97.0 Å². The normalized spacial score (nSPS) is 22.5. The number of aryl methyl sites for hydroxylation is 1. The van der Waals surface area contributed by atoms with Gasteiger partial charge in [-0.25, -0.2) is 4.79 Å². The molecule has 2 aliphatic heterocycles. The van der Waals surface area contributed by atoms with Crippen LogP contribution in [0.5, 0.6) is 0 Å². The smallest absolute Gasteiger partial charge is 0.318 e. The quantitative estimate of drug-likeness (QED) is 0.637. The maximum absolute atomic E-state index is 13.2. The first-order valence-corrected chi connectivity index (χ1v) is 11.4. The number of Topliss-reactive ketones (excluding diaryl/α,β-unsaturated/α-hetero) is 1. The van der Waals surface area contributed by atoms with Crippen LogP contribution in [-0.2, 0) is 25.5 Å². The Bertz CT molecular complexity index is 792. The molecule has 1 aromatic carbocycles. The molecule has 0 aliphatic carbocycles. The van der Waals surface area contributed by atoms with Crippen LogP contribution in [0, 0.1) is 5.41 Å². The van der Waals surface area contributed by atoms with Gasteiger partial charge in [0.1, 0.15) is 18.7 Å². The molecule has 8 nitrogen and oxygen atoms in total. The minimum atomic E-state index is -0.753. The van der Waals surface area contributed by atoms with E-state index in [1.165, 1.54) is 5.56 Å².